The standard InChI is InChI=1S/C18H14Cl3N3O3S/c1-24-15(25)8-14(17(27)22-10-4-2-9(19)3-5-10)28-18(24)23-11-6-12(20)16(26)13(21)7-11/h2-7,14,26H,8H2,1H3,(H,22,27)/t14-/m1/s1. The molecular formula is C18H14Cl3N3O3S. The lowest BCUT2D eigenvalue weighted by atomic mass is 10.2. The molecule has 2 aromatic carbocycles. The predicted octanol–water partition coefficient (Wildman–Crippen LogP) is 4.94. The molecule has 28 heavy (non-hydrogen) atoms. The van der Waals surface area contributed by atoms with Gasteiger partial charge in [-0.15, -0.1) is 0 Å². The Morgan fingerprint density at radius 3 is 2.43 bits per heavy atom. The Bertz CT molecular complexity index is 943. The molecule has 2 aromatic rings. The highest BCUT2D eigenvalue weighted by Crippen LogP contribution is 2.37. The second kappa shape index (κ2) is 8.61. The third-order valence-electron chi connectivity index (χ3n) is 3.90. The molecular weight excluding hydrogens is 445 g/mol. The number of nitrogens with zero attached hydrogens (tertiary/aromatic N) is 2. The highest BCUT2D eigenvalue weighted by molar-refractivity contribution is 8.15. The van der Waals surface area contributed by atoms with Crippen LogP contribution in [0.5, 0.6) is 5.75 Å². The third kappa shape index (κ3) is 4.72. The van der Waals surface area contributed by atoms with Gasteiger partial charge in [-0.2, -0.15) is 0 Å². The molecule has 3 rings (SSSR count). The van der Waals surface area contributed by atoms with Crippen molar-refractivity contribution in [3.8, 4) is 5.75 Å². The van der Waals surface area contributed by atoms with Crippen LogP contribution in [0.1, 0.15) is 6.42 Å². The Balaban J connectivity index is 1.81. The molecule has 0 radical (unpaired) electrons. The lowest BCUT2D eigenvalue weighted by Gasteiger charge is -2.28. The molecule has 1 heterocycles. The first kappa shape index (κ1) is 20.8. The number of aromatic hydroxyl groups is 1. The molecule has 0 spiro atoms. The zero-order valence-corrected chi connectivity index (χ0v) is 17.5. The van der Waals surface area contributed by atoms with Crippen LogP contribution in [0.3, 0.4) is 0 Å². The molecule has 1 aliphatic rings. The van der Waals surface area contributed by atoms with Crippen LogP contribution in [0.25, 0.3) is 0 Å². The van der Waals surface area contributed by atoms with Crippen molar-refractivity contribution < 1.29 is 14.7 Å². The van der Waals surface area contributed by atoms with Crippen LogP contribution >= 0.6 is 46.6 Å². The monoisotopic (exact) mass is 457 g/mol. The summed E-state index contributed by atoms with van der Waals surface area (Å²) in [5.41, 5.74) is 0.936. The Kier molecular flexibility index (Phi) is 6.40. The van der Waals surface area contributed by atoms with E-state index < -0.39 is 5.25 Å². The lowest BCUT2D eigenvalue weighted by molar-refractivity contribution is -0.128. The van der Waals surface area contributed by atoms with Crippen molar-refractivity contribution in [1.82, 2.24) is 4.90 Å². The average molecular weight is 459 g/mol. The second-order valence-corrected chi connectivity index (χ2v) is 8.33. The molecule has 0 unspecified atom stereocenters. The van der Waals surface area contributed by atoms with Crippen molar-refractivity contribution in [3.05, 3.63) is 51.5 Å². The molecule has 146 valence electrons. The lowest BCUT2D eigenvalue weighted by Crippen LogP contribution is -2.43. The molecule has 1 saturated heterocycles. The van der Waals surface area contributed by atoms with Gasteiger partial charge in [-0.25, -0.2) is 4.99 Å². The summed E-state index contributed by atoms with van der Waals surface area (Å²) in [6.45, 7) is 0. The zero-order chi connectivity index (χ0) is 20.4. The summed E-state index contributed by atoms with van der Waals surface area (Å²) in [5, 5.41) is 12.7. The first-order chi connectivity index (χ1) is 13.2. The molecule has 0 saturated carbocycles. The Hall–Kier alpha value is -1.93. The number of rotatable bonds is 3. The number of carbonyl (C=O) groups is 2. The van der Waals surface area contributed by atoms with Gasteiger partial charge >= 0.3 is 0 Å². The van der Waals surface area contributed by atoms with Crippen LogP contribution in [0.15, 0.2) is 41.4 Å². The molecule has 1 atom stereocenters. The topological polar surface area (TPSA) is 82.0 Å². The van der Waals surface area contributed by atoms with Crippen LogP contribution in [-0.2, 0) is 9.59 Å². The summed E-state index contributed by atoms with van der Waals surface area (Å²) >= 11 is 18.8. The van der Waals surface area contributed by atoms with Gasteiger partial charge in [0.2, 0.25) is 11.8 Å². The molecule has 1 aliphatic heterocycles. The maximum Gasteiger partial charge on any atom is 0.238 e. The Morgan fingerprint density at radius 2 is 1.82 bits per heavy atom. The molecule has 10 heteroatoms. The maximum atomic E-state index is 12.6. The fourth-order valence-electron chi connectivity index (χ4n) is 2.38. The largest absolute Gasteiger partial charge is 0.505 e. The van der Waals surface area contributed by atoms with Crippen LogP contribution in [-0.4, -0.2) is 39.3 Å². The molecule has 2 amide bonds. The van der Waals surface area contributed by atoms with Crippen LogP contribution in [0, 0.1) is 0 Å². The smallest absolute Gasteiger partial charge is 0.238 e. The summed E-state index contributed by atoms with van der Waals surface area (Å²) in [6, 6.07) is 9.52. The zero-order valence-electron chi connectivity index (χ0n) is 14.4. The number of halogens is 3. The number of phenols is 1. The number of hydrogen-bond donors (Lipinski definition) is 2. The number of amidine groups is 1. The fraction of sp³-hybridized carbons (Fsp3) is 0.167. The number of aliphatic imine (C=N–C) groups is 1. The summed E-state index contributed by atoms with van der Waals surface area (Å²) in [7, 11) is 1.57. The van der Waals surface area contributed by atoms with Crippen LogP contribution in [0.4, 0.5) is 11.4 Å². The minimum Gasteiger partial charge on any atom is -0.505 e. The van der Waals surface area contributed by atoms with E-state index in [-0.39, 0.29) is 34.0 Å². The molecule has 0 bridgehead atoms. The van der Waals surface area contributed by atoms with E-state index in [1.54, 1.807) is 31.3 Å². The van der Waals surface area contributed by atoms with Gasteiger partial charge in [0, 0.05) is 24.2 Å². The SMILES string of the molecule is CN1C(=O)C[C@H](C(=O)Nc2ccc(Cl)cc2)SC1=Nc1cc(Cl)c(O)c(Cl)c1. The van der Waals surface area contributed by atoms with Crippen molar-refractivity contribution in [3.63, 3.8) is 0 Å². The van der Waals surface area contributed by atoms with E-state index in [0.717, 1.165) is 11.8 Å². The average Bonchev–Trinajstić information content (AvgIpc) is 2.65. The van der Waals surface area contributed by atoms with Gasteiger partial charge in [0.05, 0.1) is 15.7 Å². The summed E-state index contributed by atoms with van der Waals surface area (Å²) in [4.78, 5) is 30.7. The Morgan fingerprint density at radius 1 is 1.21 bits per heavy atom. The molecule has 1 fully saturated rings. The number of amides is 2. The van der Waals surface area contributed by atoms with Crippen molar-refractivity contribution in [2.24, 2.45) is 4.99 Å². The minimum absolute atomic E-state index is 0.0384. The van der Waals surface area contributed by atoms with E-state index in [0.29, 0.717) is 21.6 Å². The highest BCUT2D eigenvalue weighted by atomic mass is 35.5. The first-order valence-corrected chi connectivity index (χ1v) is 10.0. The summed E-state index contributed by atoms with van der Waals surface area (Å²) in [6.07, 6.45) is 0.0384. The van der Waals surface area contributed by atoms with Crippen LogP contribution < -0.4 is 5.32 Å². The number of phenolic OH excluding ortho intramolecular Hbond substituents is 1. The van der Waals surface area contributed by atoms with Gasteiger partial charge < -0.3 is 10.4 Å². The summed E-state index contributed by atoms with van der Waals surface area (Å²) in [5.74, 6) is -0.804. The third-order valence-corrected chi connectivity index (χ3v) is 5.97. The van der Waals surface area contributed by atoms with Gasteiger partial charge in [0.25, 0.3) is 0 Å². The Labute approximate surface area is 180 Å². The van der Waals surface area contributed by atoms with Crippen molar-refractivity contribution in [2.75, 3.05) is 12.4 Å². The van der Waals surface area contributed by atoms with E-state index in [1.807, 2.05) is 0 Å². The van der Waals surface area contributed by atoms with Gasteiger partial charge in [0.1, 0.15) is 5.25 Å². The molecule has 6 nitrogen and oxygen atoms in total. The normalized spacial score (nSPS) is 18.4. The number of carbonyl (C=O) groups excluding carboxylic acids is 2. The van der Waals surface area contributed by atoms with Crippen LogP contribution in [0.2, 0.25) is 15.1 Å². The van der Waals surface area contributed by atoms with E-state index in [1.165, 1.54) is 17.0 Å². The van der Waals surface area contributed by atoms with Gasteiger partial charge in [0.15, 0.2) is 10.9 Å². The van der Waals surface area contributed by atoms with E-state index >= 15 is 0 Å². The first-order valence-electron chi connectivity index (χ1n) is 8.01. The number of hydrogen-bond acceptors (Lipinski definition) is 5. The van der Waals surface area contributed by atoms with Crippen molar-refractivity contribution in [1.29, 1.82) is 0 Å². The number of anilines is 1. The maximum absolute atomic E-state index is 12.6. The number of benzene rings is 2. The van der Waals surface area contributed by atoms with E-state index in [2.05, 4.69) is 10.3 Å². The fourth-order valence-corrected chi connectivity index (χ4v) is 4.05. The minimum atomic E-state index is -0.652. The van der Waals surface area contributed by atoms with E-state index in [4.69, 9.17) is 34.8 Å². The quantitative estimate of drug-likeness (QED) is 0.682. The van der Waals surface area contributed by atoms with Gasteiger partial charge in [-0.3, -0.25) is 14.5 Å². The number of nitrogens with one attached hydrogen (secondary N) is 1. The highest BCUT2D eigenvalue weighted by Gasteiger charge is 2.34. The molecule has 0 aliphatic carbocycles. The number of thioether (sulfide) groups is 1. The van der Waals surface area contributed by atoms with Gasteiger partial charge in [-0.05, 0) is 36.4 Å². The van der Waals surface area contributed by atoms with E-state index in [9.17, 15) is 14.7 Å². The molecule has 2 N–H and O–H groups in total. The molecule has 0 aromatic heterocycles. The summed E-state index contributed by atoms with van der Waals surface area (Å²) < 4.78 is 0. The van der Waals surface area contributed by atoms with Crippen molar-refractivity contribution in [2.45, 2.75) is 11.7 Å². The van der Waals surface area contributed by atoms with Crippen molar-refractivity contribution >= 4 is 74.9 Å². The second-order valence-electron chi connectivity index (χ2n) is 5.91. The predicted molar refractivity (Wildman–Crippen MR) is 114 cm³/mol. The van der Waals surface area contributed by atoms with Gasteiger partial charge in [-0.1, -0.05) is 46.6 Å².